The van der Waals surface area contributed by atoms with E-state index in [1.807, 2.05) is 0 Å². The van der Waals surface area contributed by atoms with Gasteiger partial charge in [0.05, 0.1) is 4.90 Å². The van der Waals surface area contributed by atoms with Gasteiger partial charge >= 0.3 is 0 Å². The molecule has 0 aliphatic carbocycles. The van der Waals surface area contributed by atoms with Crippen LogP contribution in [0.1, 0.15) is 25.7 Å². The van der Waals surface area contributed by atoms with Crippen LogP contribution in [0.2, 0.25) is 0 Å². The molecule has 0 saturated carbocycles. The molecule has 0 aromatic heterocycles. The second-order valence-electron chi connectivity index (χ2n) is 7.41. The standard InChI is InChI=1S/C21H24F3N3O3S/c1-26(31(29,30)17-8-6-15(22)7-9-17)10-4-5-20(28)25-16-13-18(23)21(19(24)14-16)27-11-2-3-12-27/h6-9,13-14H,2-5,10-12H2,1H3,(H,25,28). The second-order valence-corrected chi connectivity index (χ2v) is 9.46. The minimum Gasteiger partial charge on any atom is -0.367 e. The molecule has 0 radical (unpaired) electrons. The van der Waals surface area contributed by atoms with Crippen LogP contribution in [0.15, 0.2) is 41.3 Å². The number of sulfonamides is 1. The third-order valence-electron chi connectivity index (χ3n) is 5.12. The summed E-state index contributed by atoms with van der Waals surface area (Å²) in [5.41, 5.74) is -0.0710. The SMILES string of the molecule is CN(CCCC(=O)Nc1cc(F)c(N2CCCC2)c(F)c1)S(=O)(=O)c1ccc(F)cc1. The van der Waals surface area contributed by atoms with Crippen molar-refractivity contribution in [1.82, 2.24) is 4.31 Å². The summed E-state index contributed by atoms with van der Waals surface area (Å²) in [6, 6.07) is 6.62. The summed E-state index contributed by atoms with van der Waals surface area (Å²) >= 11 is 0. The molecule has 0 atom stereocenters. The molecule has 1 amide bonds. The smallest absolute Gasteiger partial charge is 0.242 e. The van der Waals surface area contributed by atoms with Gasteiger partial charge in [-0.3, -0.25) is 4.79 Å². The molecule has 1 aliphatic rings. The number of carbonyl (C=O) groups excluding carboxylic acids is 1. The fourth-order valence-corrected chi connectivity index (χ4v) is 4.68. The summed E-state index contributed by atoms with van der Waals surface area (Å²) in [5, 5.41) is 2.44. The van der Waals surface area contributed by atoms with Gasteiger partial charge in [-0.15, -0.1) is 0 Å². The van der Waals surface area contributed by atoms with E-state index in [-0.39, 0.29) is 35.7 Å². The largest absolute Gasteiger partial charge is 0.367 e. The van der Waals surface area contributed by atoms with Crippen molar-refractivity contribution in [2.24, 2.45) is 0 Å². The number of amides is 1. The van der Waals surface area contributed by atoms with E-state index in [9.17, 15) is 26.4 Å². The molecule has 0 bridgehead atoms. The molecule has 6 nitrogen and oxygen atoms in total. The number of anilines is 2. The van der Waals surface area contributed by atoms with Crippen LogP contribution >= 0.6 is 0 Å². The van der Waals surface area contributed by atoms with Gasteiger partial charge in [0.1, 0.15) is 11.5 Å². The van der Waals surface area contributed by atoms with Crippen molar-refractivity contribution in [3.8, 4) is 0 Å². The molecular formula is C21H24F3N3O3S. The van der Waals surface area contributed by atoms with Crippen molar-refractivity contribution in [2.45, 2.75) is 30.6 Å². The summed E-state index contributed by atoms with van der Waals surface area (Å²) < 4.78 is 67.7. The highest BCUT2D eigenvalue weighted by Crippen LogP contribution is 2.29. The van der Waals surface area contributed by atoms with Crippen molar-refractivity contribution in [3.63, 3.8) is 0 Å². The van der Waals surface area contributed by atoms with Crippen molar-refractivity contribution >= 4 is 27.3 Å². The van der Waals surface area contributed by atoms with E-state index in [1.54, 1.807) is 4.90 Å². The number of hydrogen-bond donors (Lipinski definition) is 1. The van der Waals surface area contributed by atoms with Crippen molar-refractivity contribution in [3.05, 3.63) is 53.8 Å². The highest BCUT2D eigenvalue weighted by atomic mass is 32.2. The van der Waals surface area contributed by atoms with E-state index in [2.05, 4.69) is 5.32 Å². The van der Waals surface area contributed by atoms with Gasteiger partial charge in [0.2, 0.25) is 15.9 Å². The average molecular weight is 456 g/mol. The predicted molar refractivity (Wildman–Crippen MR) is 112 cm³/mol. The first-order chi connectivity index (χ1) is 14.7. The van der Waals surface area contributed by atoms with Gasteiger partial charge in [-0.25, -0.2) is 25.9 Å². The fraction of sp³-hybridized carbons (Fsp3) is 0.381. The highest BCUT2D eigenvalue weighted by Gasteiger charge is 2.22. The molecule has 1 fully saturated rings. The van der Waals surface area contributed by atoms with E-state index in [0.29, 0.717) is 13.1 Å². The van der Waals surface area contributed by atoms with E-state index >= 15 is 0 Å². The molecule has 2 aromatic rings. The van der Waals surface area contributed by atoms with Gasteiger partial charge in [0.15, 0.2) is 11.6 Å². The first kappa shape index (κ1) is 23.1. The predicted octanol–water partition coefficient (Wildman–Crippen LogP) is 3.74. The highest BCUT2D eigenvalue weighted by molar-refractivity contribution is 7.89. The van der Waals surface area contributed by atoms with E-state index < -0.39 is 33.4 Å². The minimum absolute atomic E-state index is 0.00948. The van der Waals surface area contributed by atoms with Crippen molar-refractivity contribution in [2.75, 3.05) is 36.9 Å². The van der Waals surface area contributed by atoms with Gasteiger partial charge in [0.25, 0.3) is 0 Å². The molecule has 1 saturated heterocycles. The number of rotatable bonds is 8. The number of benzene rings is 2. The summed E-state index contributed by atoms with van der Waals surface area (Å²) in [5.74, 6) is -2.50. The molecule has 10 heteroatoms. The zero-order chi connectivity index (χ0) is 22.6. The maximum atomic E-state index is 14.4. The lowest BCUT2D eigenvalue weighted by molar-refractivity contribution is -0.116. The molecule has 3 rings (SSSR count). The quantitative estimate of drug-likeness (QED) is 0.658. The van der Waals surface area contributed by atoms with Crippen LogP contribution in [0.25, 0.3) is 0 Å². The molecule has 31 heavy (non-hydrogen) atoms. The van der Waals surface area contributed by atoms with Crippen LogP contribution in [-0.4, -0.2) is 45.3 Å². The van der Waals surface area contributed by atoms with Crippen molar-refractivity contribution < 1.29 is 26.4 Å². The Morgan fingerprint density at radius 1 is 1.06 bits per heavy atom. The Morgan fingerprint density at radius 3 is 2.23 bits per heavy atom. The normalized spacial score (nSPS) is 14.3. The zero-order valence-electron chi connectivity index (χ0n) is 17.1. The third-order valence-corrected chi connectivity index (χ3v) is 6.99. The van der Waals surface area contributed by atoms with Crippen LogP contribution in [0.3, 0.4) is 0 Å². The number of carbonyl (C=O) groups is 1. The van der Waals surface area contributed by atoms with Crippen LogP contribution in [0.4, 0.5) is 24.5 Å². The van der Waals surface area contributed by atoms with E-state index in [0.717, 1.165) is 41.4 Å². The number of nitrogens with zero attached hydrogens (tertiary/aromatic N) is 2. The maximum Gasteiger partial charge on any atom is 0.242 e. The lowest BCUT2D eigenvalue weighted by Crippen LogP contribution is -2.28. The Bertz CT molecular complexity index is 1020. The number of halogens is 3. The summed E-state index contributed by atoms with van der Waals surface area (Å²) in [7, 11) is -2.45. The monoisotopic (exact) mass is 455 g/mol. The molecule has 0 unspecified atom stereocenters. The van der Waals surface area contributed by atoms with Gasteiger partial charge < -0.3 is 10.2 Å². The van der Waals surface area contributed by atoms with Gasteiger partial charge in [-0.1, -0.05) is 0 Å². The third kappa shape index (κ3) is 5.56. The Labute approximate surface area is 179 Å². The first-order valence-electron chi connectivity index (χ1n) is 9.94. The molecular weight excluding hydrogens is 431 g/mol. The molecule has 1 N–H and O–H groups in total. The summed E-state index contributed by atoms with van der Waals surface area (Å²) in [4.78, 5) is 13.7. The zero-order valence-corrected chi connectivity index (χ0v) is 17.9. The Hall–Kier alpha value is -2.59. The molecule has 168 valence electrons. The molecule has 1 heterocycles. The summed E-state index contributed by atoms with van der Waals surface area (Å²) in [6.07, 6.45) is 1.91. The average Bonchev–Trinajstić information content (AvgIpc) is 3.22. The molecule has 2 aromatic carbocycles. The topological polar surface area (TPSA) is 69.7 Å². The fourth-order valence-electron chi connectivity index (χ4n) is 3.47. The van der Waals surface area contributed by atoms with Crippen molar-refractivity contribution in [1.29, 1.82) is 0 Å². The van der Waals surface area contributed by atoms with Crippen LogP contribution in [0.5, 0.6) is 0 Å². The van der Waals surface area contributed by atoms with E-state index in [4.69, 9.17) is 0 Å². The first-order valence-corrected chi connectivity index (χ1v) is 11.4. The Morgan fingerprint density at radius 2 is 1.65 bits per heavy atom. The maximum absolute atomic E-state index is 14.4. The second kappa shape index (κ2) is 9.69. The molecule has 1 aliphatic heterocycles. The minimum atomic E-state index is -3.81. The van der Waals surface area contributed by atoms with Crippen LogP contribution < -0.4 is 10.2 Å². The van der Waals surface area contributed by atoms with Gasteiger partial charge in [-0.05, 0) is 55.7 Å². The number of hydrogen-bond acceptors (Lipinski definition) is 4. The van der Waals surface area contributed by atoms with Crippen LogP contribution in [-0.2, 0) is 14.8 Å². The Kier molecular flexibility index (Phi) is 7.22. The summed E-state index contributed by atoms with van der Waals surface area (Å²) in [6.45, 7) is 1.23. The number of nitrogens with one attached hydrogen (secondary N) is 1. The lowest BCUT2D eigenvalue weighted by Gasteiger charge is -2.20. The molecule has 0 spiro atoms. The van der Waals surface area contributed by atoms with Gasteiger partial charge in [0, 0.05) is 38.8 Å². The lowest BCUT2D eigenvalue weighted by atomic mass is 10.2. The van der Waals surface area contributed by atoms with Gasteiger partial charge in [-0.2, -0.15) is 0 Å². The Balaban J connectivity index is 1.54. The van der Waals surface area contributed by atoms with E-state index in [1.165, 1.54) is 19.2 Å². The van der Waals surface area contributed by atoms with Crippen LogP contribution in [0, 0.1) is 17.5 Å².